The molecule has 1 rings (SSSR count). The molecule has 1 nitrogen and oxygen atoms in total. The fourth-order valence-corrected chi connectivity index (χ4v) is 1.05. The molecule has 0 heterocycles. The van der Waals surface area contributed by atoms with Gasteiger partial charge in [0.05, 0.1) is 5.88 Å². The lowest BCUT2D eigenvalue weighted by Crippen LogP contribution is -2.03. The van der Waals surface area contributed by atoms with Crippen LogP contribution in [0.2, 0.25) is 0 Å². The standard InChI is InChI=1S/C8H7ClF2O/c9-5-6-3-1-2-4-7(6)12-8(10)11/h1-4,8H,5H2. The molecule has 66 valence electrons. The summed E-state index contributed by atoms with van der Waals surface area (Å²) >= 11 is 5.49. The molecule has 1 aromatic rings. The Morgan fingerprint density at radius 2 is 2.00 bits per heavy atom. The van der Waals surface area contributed by atoms with Gasteiger partial charge in [0.1, 0.15) is 5.75 Å². The second kappa shape index (κ2) is 4.26. The highest BCUT2D eigenvalue weighted by molar-refractivity contribution is 6.17. The monoisotopic (exact) mass is 192 g/mol. The quantitative estimate of drug-likeness (QED) is 0.669. The van der Waals surface area contributed by atoms with Crippen molar-refractivity contribution in [1.29, 1.82) is 0 Å². The Morgan fingerprint density at radius 1 is 1.33 bits per heavy atom. The first-order valence-corrected chi connectivity index (χ1v) is 3.86. The van der Waals surface area contributed by atoms with Gasteiger partial charge in [-0.05, 0) is 6.07 Å². The van der Waals surface area contributed by atoms with E-state index in [4.69, 9.17) is 11.6 Å². The SMILES string of the molecule is FC(F)Oc1ccccc1CCl. The van der Waals surface area contributed by atoms with Crippen molar-refractivity contribution in [2.24, 2.45) is 0 Å². The van der Waals surface area contributed by atoms with E-state index in [1.54, 1.807) is 18.2 Å². The Balaban J connectivity index is 2.82. The number of hydrogen-bond donors (Lipinski definition) is 0. The molecule has 0 aliphatic heterocycles. The van der Waals surface area contributed by atoms with Crippen LogP contribution >= 0.6 is 11.6 Å². The topological polar surface area (TPSA) is 9.23 Å². The minimum atomic E-state index is -2.80. The van der Waals surface area contributed by atoms with E-state index < -0.39 is 6.61 Å². The van der Waals surface area contributed by atoms with Gasteiger partial charge in [-0.15, -0.1) is 11.6 Å². The van der Waals surface area contributed by atoms with Crippen molar-refractivity contribution in [3.63, 3.8) is 0 Å². The summed E-state index contributed by atoms with van der Waals surface area (Å²) in [7, 11) is 0. The molecule has 1 aromatic carbocycles. The Kier molecular flexibility index (Phi) is 3.29. The van der Waals surface area contributed by atoms with Gasteiger partial charge in [-0.1, -0.05) is 18.2 Å². The van der Waals surface area contributed by atoms with Gasteiger partial charge in [0, 0.05) is 5.56 Å². The van der Waals surface area contributed by atoms with Crippen LogP contribution in [0.5, 0.6) is 5.75 Å². The molecule has 12 heavy (non-hydrogen) atoms. The zero-order valence-electron chi connectivity index (χ0n) is 6.14. The van der Waals surface area contributed by atoms with E-state index in [2.05, 4.69) is 4.74 Å². The van der Waals surface area contributed by atoms with Gasteiger partial charge in [0.2, 0.25) is 0 Å². The molecule has 0 bridgehead atoms. The number of benzene rings is 1. The highest BCUT2D eigenvalue weighted by Gasteiger charge is 2.07. The summed E-state index contributed by atoms with van der Waals surface area (Å²) in [6, 6.07) is 6.44. The smallest absolute Gasteiger partial charge is 0.387 e. The van der Waals surface area contributed by atoms with Crippen LogP contribution in [0.15, 0.2) is 24.3 Å². The molecule has 0 aliphatic rings. The zero-order chi connectivity index (χ0) is 8.97. The van der Waals surface area contributed by atoms with Crippen molar-refractivity contribution in [3.8, 4) is 5.75 Å². The van der Waals surface area contributed by atoms with E-state index in [-0.39, 0.29) is 11.6 Å². The van der Waals surface area contributed by atoms with Crippen molar-refractivity contribution in [2.75, 3.05) is 0 Å². The Morgan fingerprint density at radius 3 is 2.58 bits per heavy atom. The molecule has 0 aromatic heterocycles. The molecule has 0 N–H and O–H groups in total. The predicted molar refractivity (Wildman–Crippen MR) is 42.6 cm³/mol. The molecule has 0 atom stereocenters. The molecule has 0 aliphatic carbocycles. The first-order valence-electron chi connectivity index (χ1n) is 3.32. The maximum atomic E-state index is 11.8. The van der Waals surface area contributed by atoms with Crippen LogP contribution in [-0.4, -0.2) is 6.61 Å². The fourth-order valence-electron chi connectivity index (χ4n) is 0.825. The second-order valence-corrected chi connectivity index (χ2v) is 2.39. The average molecular weight is 193 g/mol. The summed E-state index contributed by atoms with van der Waals surface area (Å²) < 4.78 is 27.8. The molecule has 0 spiro atoms. The Labute approximate surface area is 73.9 Å². The fraction of sp³-hybridized carbons (Fsp3) is 0.250. The molecule has 0 fully saturated rings. The van der Waals surface area contributed by atoms with Gasteiger partial charge >= 0.3 is 6.61 Å². The molecule has 0 saturated carbocycles. The van der Waals surface area contributed by atoms with Crippen LogP contribution in [-0.2, 0) is 5.88 Å². The molecule has 0 unspecified atom stereocenters. The summed E-state index contributed by atoms with van der Waals surface area (Å²) in [6.07, 6.45) is 0. The van der Waals surface area contributed by atoms with E-state index >= 15 is 0 Å². The van der Waals surface area contributed by atoms with Gasteiger partial charge in [-0.2, -0.15) is 8.78 Å². The summed E-state index contributed by atoms with van der Waals surface area (Å²) in [5, 5.41) is 0. The number of hydrogen-bond acceptors (Lipinski definition) is 1. The lowest BCUT2D eigenvalue weighted by atomic mass is 10.2. The van der Waals surface area contributed by atoms with Crippen LogP contribution in [0.1, 0.15) is 5.56 Å². The molecular formula is C8H7ClF2O. The zero-order valence-corrected chi connectivity index (χ0v) is 6.89. The highest BCUT2D eigenvalue weighted by atomic mass is 35.5. The number of alkyl halides is 3. The normalized spacial score (nSPS) is 10.3. The van der Waals surface area contributed by atoms with Crippen molar-refractivity contribution in [3.05, 3.63) is 29.8 Å². The third-order valence-electron chi connectivity index (χ3n) is 1.33. The highest BCUT2D eigenvalue weighted by Crippen LogP contribution is 2.21. The van der Waals surface area contributed by atoms with Crippen LogP contribution in [0.3, 0.4) is 0 Å². The maximum absolute atomic E-state index is 11.8. The van der Waals surface area contributed by atoms with Crippen LogP contribution in [0, 0.1) is 0 Å². The molecule has 0 radical (unpaired) electrons. The van der Waals surface area contributed by atoms with Crippen molar-refractivity contribution < 1.29 is 13.5 Å². The Hall–Kier alpha value is -0.830. The summed E-state index contributed by atoms with van der Waals surface area (Å²) in [4.78, 5) is 0. The van der Waals surface area contributed by atoms with Crippen molar-refractivity contribution >= 4 is 11.6 Å². The maximum Gasteiger partial charge on any atom is 0.387 e. The van der Waals surface area contributed by atoms with Gasteiger partial charge in [-0.3, -0.25) is 0 Å². The van der Waals surface area contributed by atoms with E-state index in [0.29, 0.717) is 5.56 Å². The molecule has 0 amide bonds. The average Bonchev–Trinajstić information content (AvgIpc) is 2.04. The lowest BCUT2D eigenvalue weighted by molar-refractivity contribution is -0.0503. The first kappa shape index (κ1) is 9.26. The largest absolute Gasteiger partial charge is 0.435 e. The van der Waals surface area contributed by atoms with E-state index in [9.17, 15) is 8.78 Å². The summed E-state index contributed by atoms with van der Waals surface area (Å²) in [6.45, 7) is -2.80. The van der Waals surface area contributed by atoms with E-state index in [0.717, 1.165) is 0 Å². The second-order valence-electron chi connectivity index (χ2n) is 2.12. The minimum absolute atomic E-state index is 0.141. The first-order chi connectivity index (χ1) is 5.74. The number of ether oxygens (including phenoxy) is 1. The summed E-state index contributed by atoms with van der Waals surface area (Å²) in [5.74, 6) is 0.311. The number of para-hydroxylation sites is 1. The summed E-state index contributed by atoms with van der Waals surface area (Å²) in [5.41, 5.74) is 0.569. The number of halogens is 3. The van der Waals surface area contributed by atoms with Crippen molar-refractivity contribution in [2.45, 2.75) is 12.5 Å². The molecular weight excluding hydrogens is 186 g/mol. The van der Waals surface area contributed by atoms with E-state index in [1.165, 1.54) is 6.07 Å². The lowest BCUT2D eigenvalue weighted by Gasteiger charge is -2.07. The van der Waals surface area contributed by atoms with Gasteiger partial charge in [0.25, 0.3) is 0 Å². The van der Waals surface area contributed by atoms with E-state index in [1.807, 2.05) is 0 Å². The van der Waals surface area contributed by atoms with Crippen LogP contribution in [0.25, 0.3) is 0 Å². The third kappa shape index (κ3) is 2.34. The van der Waals surface area contributed by atoms with Gasteiger partial charge in [-0.25, -0.2) is 0 Å². The van der Waals surface area contributed by atoms with Gasteiger partial charge in [0.15, 0.2) is 0 Å². The minimum Gasteiger partial charge on any atom is -0.435 e. The van der Waals surface area contributed by atoms with Crippen LogP contribution < -0.4 is 4.74 Å². The van der Waals surface area contributed by atoms with Crippen molar-refractivity contribution in [1.82, 2.24) is 0 Å². The predicted octanol–water partition coefficient (Wildman–Crippen LogP) is 3.03. The Bertz CT molecular complexity index is 253. The molecule has 4 heteroatoms. The number of rotatable bonds is 3. The third-order valence-corrected chi connectivity index (χ3v) is 1.62. The van der Waals surface area contributed by atoms with Crippen LogP contribution in [0.4, 0.5) is 8.78 Å². The van der Waals surface area contributed by atoms with Gasteiger partial charge < -0.3 is 4.74 Å². The molecule has 0 saturated heterocycles.